The standard InChI is InChI=1S/C38H48ClN3O5S/c1-37(2,3)20-26(43)18-28(38(4,5)6)36(46)42-22-27(47-33-15-14-25(39)21-40-33)19-30(42)31(44)17-24(16-23-10-9-11-23)34(45)35-41-29-12-7-8-13-32(29)48-35/h7-8,12-15,21,23-24,27-28,30H,9-11,16-20,22H2,1-6H3/t24?,27-,28-,30+/m1/s1. The van der Waals surface area contributed by atoms with Gasteiger partial charge in [0, 0.05) is 49.8 Å². The van der Waals surface area contributed by atoms with Crippen molar-refractivity contribution in [1.29, 1.82) is 0 Å². The van der Waals surface area contributed by atoms with Crippen molar-refractivity contribution < 1.29 is 23.9 Å². The molecule has 2 aromatic heterocycles. The molecule has 0 spiro atoms. The minimum absolute atomic E-state index is 0.0226. The second-order valence-corrected chi connectivity index (χ2v) is 17.4. The second-order valence-electron chi connectivity index (χ2n) is 15.9. The molecule has 1 amide bonds. The maximum atomic E-state index is 14.5. The molecule has 48 heavy (non-hydrogen) atoms. The number of hydrogen-bond donors (Lipinski definition) is 0. The van der Waals surface area contributed by atoms with Crippen LogP contribution >= 0.6 is 22.9 Å². The number of likely N-dealkylation sites (tertiary alicyclic amines) is 1. The van der Waals surface area contributed by atoms with Crippen LogP contribution in [0.3, 0.4) is 0 Å². The van der Waals surface area contributed by atoms with Crippen molar-refractivity contribution in [2.24, 2.45) is 28.6 Å². The fourth-order valence-corrected chi connectivity index (χ4v) is 7.93. The number of fused-ring (bicyclic) bond motifs is 1. The van der Waals surface area contributed by atoms with Gasteiger partial charge in [0.1, 0.15) is 11.9 Å². The molecule has 10 heteroatoms. The Hall–Kier alpha value is -3.17. The lowest BCUT2D eigenvalue weighted by Crippen LogP contribution is -2.48. The molecule has 2 fully saturated rings. The van der Waals surface area contributed by atoms with E-state index < -0.39 is 29.4 Å². The number of nitrogens with zero attached hydrogens (tertiary/aromatic N) is 3. The molecule has 5 rings (SSSR count). The fourth-order valence-electron chi connectivity index (χ4n) is 6.83. The molecule has 1 saturated heterocycles. The summed E-state index contributed by atoms with van der Waals surface area (Å²) in [5.74, 6) is -0.864. The number of rotatable bonds is 13. The number of thiazole rings is 1. The van der Waals surface area contributed by atoms with Crippen LogP contribution < -0.4 is 4.74 Å². The van der Waals surface area contributed by atoms with Crippen molar-refractivity contribution >= 4 is 56.4 Å². The van der Waals surface area contributed by atoms with E-state index in [1.54, 1.807) is 17.0 Å². The summed E-state index contributed by atoms with van der Waals surface area (Å²) in [4.78, 5) is 66.6. The number of para-hydroxylation sites is 1. The SMILES string of the molecule is CC(C)(C)CC(=O)C[C@H](C(=O)N1C[C@H](Oc2ccc(Cl)cn2)C[C@H]1C(=O)CC(CC1CCC1)C(=O)c1nc2ccccc2s1)C(C)(C)C. The Labute approximate surface area is 293 Å². The predicted molar refractivity (Wildman–Crippen MR) is 189 cm³/mol. The number of ketones is 3. The fraction of sp³-hybridized carbons (Fsp3) is 0.579. The number of Topliss-reactive ketones (excluding diaryl/α,β-unsaturated/α-hetero) is 3. The maximum Gasteiger partial charge on any atom is 0.227 e. The first-order valence-electron chi connectivity index (χ1n) is 17.1. The molecule has 0 radical (unpaired) electrons. The van der Waals surface area contributed by atoms with Crippen LogP contribution in [0.2, 0.25) is 5.02 Å². The molecule has 3 heterocycles. The predicted octanol–water partition coefficient (Wildman–Crippen LogP) is 8.40. The van der Waals surface area contributed by atoms with Crippen LogP contribution in [0, 0.1) is 28.6 Å². The third kappa shape index (κ3) is 9.08. The summed E-state index contributed by atoms with van der Waals surface area (Å²) in [6.45, 7) is 12.1. The third-order valence-electron chi connectivity index (χ3n) is 9.57. The summed E-state index contributed by atoms with van der Waals surface area (Å²) in [5, 5.41) is 0.898. The number of ether oxygens (including phenoxy) is 1. The van der Waals surface area contributed by atoms with Crippen molar-refractivity contribution in [3.63, 3.8) is 0 Å². The van der Waals surface area contributed by atoms with Crippen molar-refractivity contribution in [2.75, 3.05) is 6.54 Å². The van der Waals surface area contributed by atoms with Crippen LogP contribution in [0.25, 0.3) is 10.2 Å². The molecular formula is C38H48ClN3O5S. The maximum absolute atomic E-state index is 14.5. The van der Waals surface area contributed by atoms with Crippen LogP contribution in [0.15, 0.2) is 42.6 Å². The Morgan fingerprint density at radius 1 is 1.02 bits per heavy atom. The smallest absolute Gasteiger partial charge is 0.227 e. The van der Waals surface area contributed by atoms with Crippen molar-refractivity contribution in [2.45, 2.75) is 105 Å². The van der Waals surface area contributed by atoms with E-state index in [1.807, 2.05) is 65.8 Å². The Bertz CT molecular complexity index is 1600. The summed E-state index contributed by atoms with van der Waals surface area (Å²) < 4.78 is 7.13. The van der Waals surface area contributed by atoms with Crippen LogP contribution in [0.5, 0.6) is 5.88 Å². The highest BCUT2D eigenvalue weighted by Gasteiger charge is 2.46. The molecule has 8 nitrogen and oxygen atoms in total. The number of hydrogen-bond acceptors (Lipinski definition) is 8. The molecule has 1 aliphatic carbocycles. The minimum Gasteiger partial charge on any atom is -0.472 e. The number of carbonyl (C=O) groups excluding carboxylic acids is 4. The van der Waals surface area contributed by atoms with Gasteiger partial charge in [-0.3, -0.25) is 19.2 Å². The molecule has 3 aromatic rings. The molecule has 1 saturated carbocycles. The second kappa shape index (κ2) is 14.8. The first kappa shape index (κ1) is 36.1. The number of carbonyl (C=O) groups is 4. The van der Waals surface area contributed by atoms with E-state index in [2.05, 4.69) is 9.97 Å². The van der Waals surface area contributed by atoms with Gasteiger partial charge in [-0.1, -0.05) is 84.5 Å². The van der Waals surface area contributed by atoms with Crippen LogP contribution in [0.1, 0.15) is 103 Å². The van der Waals surface area contributed by atoms with E-state index in [0.717, 1.165) is 29.5 Å². The molecule has 4 atom stereocenters. The van der Waals surface area contributed by atoms with Gasteiger partial charge in [-0.25, -0.2) is 9.97 Å². The first-order chi connectivity index (χ1) is 22.6. The van der Waals surface area contributed by atoms with E-state index in [1.165, 1.54) is 17.5 Å². The number of aromatic nitrogens is 2. The van der Waals surface area contributed by atoms with Gasteiger partial charge in [0.25, 0.3) is 0 Å². The average molecular weight is 694 g/mol. The Morgan fingerprint density at radius 2 is 1.75 bits per heavy atom. The zero-order valence-corrected chi connectivity index (χ0v) is 30.5. The summed E-state index contributed by atoms with van der Waals surface area (Å²) >= 11 is 7.40. The van der Waals surface area contributed by atoms with Gasteiger partial charge >= 0.3 is 0 Å². The lowest BCUT2D eigenvalue weighted by Gasteiger charge is -2.35. The Balaban J connectivity index is 1.41. The molecule has 0 N–H and O–H groups in total. The summed E-state index contributed by atoms with van der Waals surface area (Å²) in [6, 6.07) is 10.2. The molecule has 258 valence electrons. The van der Waals surface area contributed by atoms with Crippen molar-refractivity contribution in [3.05, 3.63) is 52.6 Å². The van der Waals surface area contributed by atoms with Gasteiger partial charge in [0.15, 0.2) is 16.6 Å². The van der Waals surface area contributed by atoms with Gasteiger partial charge in [-0.2, -0.15) is 0 Å². The minimum atomic E-state index is -0.788. The molecule has 1 aliphatic heterocycles. The molecule has 0 bridgehead atoms. The highest BCUT2D eigenvalue weighted by atomic mass is 35.5. The van der Waals surface area contributed by atoms with Crippen LogP contribution in [0.4, 0.5) is 0 Å². The van der Waals surface area contributed by atoms with Crippen LogP contribution in [-0.4, -0.2) is 56.8 Å². The van der Waals surface area contributed by atoms with Gasteiger partial charge in [0.2, 0.25) is 11.8 Å². The van der Waals surface area contributed by atoms with E-state index in [-0.39, 0.29) is 54.5 Å². The van der Waals surface area contributed by atoms with E-state index >= 15 is 0 Å². The molecule has 2 aliphatic rings. The molecule has 1 aromatic carbocycles. The van der Waals surface area contributed by atoms with Crippen molar-refractivity contribution in [3.8, 4) is 5.88 Å². The number of amides is 1. The molecular weight excluding hydrogens is 646 g/mol. The average Bonchev–Trinajstić information content (AvgIpc) is 3.61. The van der Waals surface area contributed by atoms with E-state index in [4.69, 9.17) is 16.3 Å². The number of pyridine rings is 1. The first-order valence-corrected chi connectivity index (χ1v) is 18.3. The number of halogens is 1. The molecule has 1 unspecified atom stereocenters. The van der Waals surface area contributed by atoms with E-state index in [9.17, 15) is 19.2 Å². The topological polar surface area (TPSA) is 107 Å². The largest absolute Gasteiger partial charge is 0.472 e. The summed E-state index contributed by atoms with van der Waals surface area (Å²) in [6.07, 6.45) is 5.60. The lowest BCUT2D eigenvalue weighted by molar-refractivity contribution is -0.146. The zero-order valence-electron chi connectivity index (χ0n) is 29.0. The highest BCUT2D eigenvalue weighted by molar-refractivity contribution is 7.20. The normalized spacial score (nSPS) is 19.9. The highest BCUT2D eigenvalue weighted by Crippen LogP contribution is 2.38. The van der Waals surface area contributed by atoms with Crippen molar-refractivity contribution in [1.82, 2.24) is 14.9 Å². The lowest BCUT2D eigenvalue weighted by atomic mass is 9.75. The summed E-state index contributed by atoms with van der Waals surface area (Å²) in [5.41, 5.74) is 0.0479. The third-order valence-corrected chi connectivity index (χ3v) is 10.8. The number of benzene rings is 1. The van der Waals surface area contributed by atoms with E-state index in [0.29, 0.717) is 34.7 Å². The van der Waals surface area contributed by atoms with Gasteiger partial charge in [0.05, 0.1) is 27.8 Å². The Morgan fingerprint density at radius 3 is 2.35 bits per heavy atom. The zero-order chi connectivity index (χ0) is 34.8. The Kier molecular flexibility index (Phi) is 11.1. The van der Waals surface area contributed by atoms with Gasteiger partial charge < -0.3 is 9.64 Å². The monoisotopic (exact) mass is 693 g/mol. The van der Waals surface area contributed by atoms with Gasteiger partial charge in [-0.15, -0.1) is 11.3 Å². The van der Waals surface area contributed by atoms with Gasteiger partial charge in [-0.05, 0) is 41.4 Å². The summed E-state index contributed by atoms with van der Waals surface area (Å²) in [7, 11) is 0. The van der Waals surface area contributed by atoms with Crippen LogP contribution in [-0.2, 0) is 14.4 Å². The quantitative estimate of drug-likeness (QED) is 0.166.